The number of rotatable bonds is 7. The number of nitrogens with zero attached hydrogens (tertiary/aromatic N) is 3. The minimum atomic E-state index is -0.0207. The van der Waals surface area contributed by atoms with Crippen LogP contribution in [0, 0.1) is 0 Å². The number of aromatic nitrogens is 2. The van der Waals surface area contributed by atoms with Crippen molar-refractivity contribution in [1.29, 1.82) is 0 Å². The van der Waals surface area contributed by atoms with Gasteiger partial charge in [-0.25, -0.2) is 9.97 Å². The van der Waals surface area contributed by atoms with Crippen LogP contribution in [-0.4, -0.2) is 61.6 Å². The van der Waals surface area contributed by atoms with E-state index in [-0.39, 0.29) is 24.3 Å². The first kappa shape index (κ1) is 20.9. The van der Waals surface area contributed by atoms with E-state index < -0.39 is 0 Å². The SMILES string of the molecule is CN(C)c1ccc(CNC2COC3C(Nc4nccc(-c5ccccc5)n4)COC23)cc1. The van der Waals surface area contributed by atoms with Crippen LogP contribution in [0.2, 0.25) is 0 Å². The van der Waals surface area contributed by atoms with Gasteiger partial charge in [0.25, 0.3) is 0 Å². The lowest BCUT2D eigenvalue weighted by Gasteiger charge is -2.19. The maximum Gasteiger partial charge on any atom is 0.223 e. The van der Waals surface area contributed by atoms with Crippen molar-refractivity contribution < 1.29 is 9.47 Å². The molecular formula is C25H29N5O2. The third-order valence-electron chi connectivity index (χ3n) is 6.11. The molecule has 0 aliphatic carbocycles. The molecule has 2 aromatic carbocycles. The van der Waals surface area contributed by atoms with E-state index in [4.69, 9.17) is 9.47 Å². The van der Waals surface area contributed by atoms with Crippen LogP contribution in [0.15, 0.2) is 66.9 Å². The van der Waals surface area contributed by atoms with Crippen LogP contribution >= 0.6 is 0 Å². The number of hydrogen-bond acceptors (Lipinski definition) is 7. The van der Waals surface area contributed by atoms with Gasteiger partial charge in [-0.2, -0.15) is 0 Å². The molecule has 4 atom stereocenters. The summed E-state index contributed by atoms with van der Waals surface area (Å²) in [7, 11) is 4.10. The van der Waals surface area contributed by atoms with Crippen LogP contribution in [-0.2, 0) is 16.0 Å². The number of fused-ring (bicyclic) bond motifs is 1. The van der Waals surface area contributed by atoms with Gasteiger partial charge in [-0.05, 0) is 23.8 Å². The molecule has 3 heterocycles. The van der Waals surface area contributed by atoms with E-state index >= 15 is 0 Å². The fourth-order valence-corrected chi connectivity index (χ4v) is 4.32. The topological polar surface area (TPSA) is 71.5 Å². The molecule has 1 aromatic heterocycles. The van der Waals surface area contributed by atoms with Crippen LogP contribution < -0.4 is 15.5 Å². The van der Waals surface area contributed by atoms with E-state index in [9.17, 15) is 0 Å². The Morgan fingerprint density at radius 3 is 2.38 bits per heavy atom. The molecule has 0 spiro atoms. The van der Waals surface area contributed by atoms with E-state index in [1.54, 1.807) is 6.20 Å². The Labute approximate surface area is 188 Å². The molecular weight excluding hydrogens is 402 g/mol. The van der Waals surface area contributed by atoms with Gasteiger partial charge in [0, 0.05) is 38.1 Å². The van der Waals surface area contributed by atoms with Crippen molar-refractivity contribution in [2.75, 3.05) is 37.5 Å². The van der Waals surface area contributed by atoms with Gasteiger partial charge in [0.15, 0.2) is 0 Å². The zero-order valence-corrected chi connectivity index (χ0v) is 18.4. The van der Waals surface area contributed by atoms with E-state index in [1.807, 2.05) is 50.5 Å². The van der Waals surface area contributed by atoms with Crippen LogP contribution in [0.3, 0.4) is 0 Å². The lowest BCUT2D eigenvalue weighted by Crippen LogP contribution is -2.41. The van der Waals surface area contributed by atoms with Crippen molar-refractivity contribution in [3.8, 4) is 11.3 Å². The predicted molar refractivity (Wildman–Crippen MR) is 126 cm³/mol. The molecule has 2 aliphatic heterocycles. The quantitative estimate of drug-likeness (QED) is 0.596. The van der Waals surface area contributed by atoms with Gasteiger partial charge in [0.2, 0.25) is 5.95 Å². The van der Waals surface area contributed by atoms with Crippen molar-refractivity contribution in [2.45, 2.75) is 30.8 Å². The molecule has 7 heteroatoms. The highest BCUT2D eigenvalue weighted by Crippen LogP contribution is 2.29. The summed E-state index contributed by atoms with van der Waals surface area (Å²) in [5.74, 6) is 0.599. The molecule has 0 radical (unpaired) electrons. The van der Waals surface area contributed by atoms with E-state index in [1.165, 1.54) is 11.3 Å². The number of nitrogens with one attached hydrogen (secondary N) is 2. The summed E-state index contributed by atoms with van der Waals surface area (Å²) >= 11 is 0. The fourth-order valence-electron chi connectivity index (χ4n) is 4.32. The van der Waals surface area contributed by atoms with Crippen LogP contribution in [0.4, 0.5) is 11.6 Å². The third-order valence-corrected chi connectivity index (χ3v) is 6.11. The molecule has 2 fully saturated rings. The minimum absolute atomic E-state index is 0.0193. The lowest BCUT2D eigenvalue weighted by atomic mass is 10.1. The van der Waals surface area contributed by atoms with Gasteiger partial charge in [-0.3, -0.25) is 0 Å². The zero-order chi connectivity index (χ0) is 21.9. The summed E-state index contributed by atoms with van der Waals surface area (Å²) in [5.41, 5.74) is 4.41. The molecule has 4 unspecified atom stereocenters. The van der Waals surface area contributed by atoms with Crippen molar-refractivity contribution >= 4 is 11.6 Å². The Balaban J connectivity index is 1.18. The van der Waals surface area contributed by atoms with Gasteiger partial charge >= 0.3 is 0 Å². The average Bonchev–Trinajstić information content (AvgIpc) is 3.42. The average molecular weight is 432 g/mol. The molecule has 3 aromatic rings. The second kappa shape index (κ2) is 9.24. The largest absolute Gasteiger partial charge is 0.378 e. The molecule has 0 saturated carbocycles. The highest BCUT2D eigenvalue weighted by Gasteiger charge is 2.47. The van der Waals surface area contributed by atoms with E-state index in [2.05, 4.69) is 49.8 Å². The maximum atomic E-state index is 6.12. The fraction of sp³-hybridized carbons (Fsp3) is 0.360. The second-order valence-electron chi connectivity index (χ2n) is 8.53. The number of benzene rings is 2. The standard InChI is InChI=1S/C25H29N5O2/c1-30(2)19-10-8-17(9-11-19)14-27-21-15-31-24-22(16-32-23(21)24)29-25-26-13-12-20(28-25)18-6-4-3-5-7-18/h3-13,21-24,27H,14-16H2,1-2H3,(H,26,28,29). The van der Waals surface area contributed by atoms with Gasteiger partial charge in [-0.15, -0.1) is 0 Å². The summed E-state index contributed by atoms with van der Waals surface area (Å²) in [4.78, 5) is 11.2. The van der Waals surface area contributed by atoms with Gasteiger partial charge < -0.3 is 25.0 Å². The molecule has 5 rings (SSSR count). The molecule has 2 aliphatic rings. The lowest BCUT2D eigenvalue weighted by molar-refractivity contribution is 0.0675. The van der Waals surface area contributed by atoms with Crippen molar-refractivity contribution in [3.63, 3.8) is 0 Å². The smallest absolute Gasteiger partial charge is 0.223 e. The second-order valence-corrected chi connectivity index (χ2v) is 8.53. The highest BCUT2D eigenvalue weighted by atomic mass is 16.6. The molecule has 2 saturated heterocycles. The third kappa shape index (κ3) is 4.46. The first-order valence-electron chi connectivity index (χ1n) is 11.1. The Hall–Kier alpha value is -3.00. The Morgan fingerprint density at radius 2 is 1.62 bits per heavy atom. The Bertz CT molecular complexity index is 1030. The number of ether oxygens (including phenoxy) is 2. The van der Waals surface area contributed by atoms with Crippen molar-refractivity contribution in [2.24, 2.45) is 0 Å². The van der Waals surface area contributed by atoms with Gasteiger partial charge in [0.05, 0.1) is 31.0 Å². The summed E-state index contributed by atoms with van der Waals surface area (Å²) in [6.07, 6.45) is 1.78. The summed E-state index contributed by atoms with van der Waals surface area (Å²) in [5, 5.41) is 7.04. The Morgan fingerprint density at radius 1 is 0.906 bits per heavy atom. The molecule has 0 bridgehead atoms. The van der Waals surface area contributed by atoms with Crippen molar-refractivity contribution in [1.82, 2.24) is 15.3 Å². The maximum absolute atomic E-state index is 6.12. The number of hydrogen-bond donors (Lipinski definition) is 2. The monoisotopic (exact) mass is 431 g/mol. The summed E-state index contributed by atoms with van der Waals surface area (Å²) < 4.78 is 12.2. The van der Waals surface area contributed by atoms with Gasteiger partial charge in [0.1, 0.15) is 12.2 Å². The molecule has 7 nitrogen and oxygen atoms in total. The first-order chi connectivity index (χ1) is 15.7. The first-order valence-corrected chi connectivity index (χ1v) is 11.1. The molecule has 0 amide bonds. The minimum Gasteiger partial charge on any atom is -0.378 e. The van der Waals surface area contributed by atoms with E-state index in [0.717, 1.165) is 17.8 Å². The molecule has 32 heavy (non-hydrogen) atoms. The normalized spacial score (nSPS) is 24.3. The van der Waals surface area contributed by atoms with Crippen molar-refractivity contribution in [3.05, 3.63) is 72.4 Å². The van der Waals surface area contributed by atoms with Crippen LogP contribution in [0.1, 0.15) is 5.56 Å². The number of anilines is 2. The van der Waals surface area contributed by atoms with Gasteiger partial charge in [-0.1, -0.05) is 42.5 Å². The Kier molecular flexibility index (Phi) is 6.03. The highest BCUT2D eigenvalue weighted by molar-refractivity contribution is 5.59. The summed E-state index contributed by atoms with van der Waals surface area (Å²) in [6, 6.07) is 20.8. The summed E-state index contributed by atoms with van der Waals surface area (Å²) in [6.45, 7) is 1.99. The molecule has 166 valence electrons. The molecule has 2 N–H and O–H groups in total. The predicted octanol–water partition coefficient (Wildman–Crippen LogP) is 2.95. The van der Waals surface area contributed by atoms with Crippen LogP contribution in [0.5, 0.6) is 0 Å². The van der Waals surface area contributed by atoms with E-state index in [0.29, 0.717) is 19.2 Å². The zero-order valence-electron chi connectivity index (χ0n) is 18.4. The van der Waals surface area contributed by atoms with Crippen LogP contribution in [0.25, 0.3) is 11.3 Å².